The Kier molecular flexibility index (Phi) is 5.64. The maximum absolute atomic E-state index is 13.6. The number of benzene rings is 1. The minimum atomic E-state index is -1.03. The molecule has 3 nitrogen and oxygen atoms in total. The molecule has 6 heteroatoms. The van der Waals surface area contributed by atoms with E-state index in [1.807, 2.05) is 6.07 Å². The normalized spacial score (nSPS) is 10.7. The van der Waals surface area contributed by atoms with Gasteiger partial charge in [0, 0.05) is 23.3 Å². The van der Waals surface area contributed by atoms with E-state index in [4.69, 9.17) is 4.74 Å². The zero-order chi connectivity index (χ0) is 15.2. The van der Waals surface area contributed by atoms with Crippen LogP contribution in [0.1, 0.15) is 18.9 Å². The van der Waals surface area contributed by atoms with Gasteiger partial charge in [-0.15, -0.1) is 0 Å². The highest BCUT2D eigenvalue weighted by atomic mass is 79.9. The molecule has 0 bridgehead atoms. The summed E-state index contributed by atoms with van der Waals surface area (Å²) in [6.45, 7) is 3.73. The largest absolute Gasteiger partial charge is 0.436 e. The van der Waals surface area contributed by atoms with Crippen LogP contribution >= 0.6 is 15.9 Å². The summed E-state index contributed by atoms with van der Waals surface area (Å²) in [7, 11) is 0. The zero-order valence-corrected chi connectivity index (χ0v) is 13.1. The van der Waals surface area contributed by atoms with E-state index in [1.165, 1.54) is 6.07 Å². The molecule has 112 valence electrons. The van der Waals surface area contributed by atoms with E-state index in [9.17, 15) is 8.78 Å². The predicted molar refractivity (Wildman–Crippen MR) is 80.4 cm³/mol. The highest BCUT2D eigenvalue weighted by Crippen LogP contribution is 2.28. The van der Waals surface area contributed by atoms with Gasteiger partial charge in [0.05, 0.1) is 0 Å². The van der Waals surface area contributed by atoms with Crippen molar-refractivity contribution in [2.75, 3.05) is 6.54 Å². The first-order chi connectivity index (χ1) is 10.1. The molecule has 1 N–H and O–H groups in total. The van der Waals surface area contributed by atoms with Crippen LogP contribution in [0.15, 0.2) is 34.9 Å². The number of pyridine rings is 1. The summed E-state index contributed by atoms with van der Waals surface area (Å²) >= 11 is 3.09. The van der Waals surface area contributed by atoms with Crippen molar-refractivity contribution in [1.29, 1.82) is 0 Å². The molecule has 2 aromatic rings. The average Bonchev–Trinajstić information content (AvgIpc) is 2.46. The second-order valence-electron chi connectivity index (χ2n) is 4.48. The van der Waals surface area contributed by atoms with E-state index < -0.39 is 11.6 Å². The molecule has 0 saturated heterocycles. The number of ether oxygens (including phenoxy) is 1. The van der Waals surface area contributed by atoms with E-state index in [0.29, 0.717) is 11.0 Å². The Morgan fingerprint density at radius 3 is 2.76 bits per heavy atom. The lowest BCUT2D eigenvalue weighted by molar-refractivity contribution is 0.404. The fourth-order valence-corrected chi connectivity index (χ4v) is 2.11. The number of hydrogen-bond donors (Lipinski definition) is 1. The van der Waals surface area contributed by atoms with Crippen LogP contribution in [0.5, 0.6) is 11.6 Å². The van der Waals surface area contributed by atoms with E-state index in [-0.39, 0.29) is 11.6 Å². The van der Waals surface area contributed by atoms with Crippen LogP contribution in [0.25, 0.3) is 0 Å². The maximum Gasteiger partial charge on any atom is 0.219 e. The van der Waals surface area contributed by atoms with Gasteiger partial charge in [-0.05, 0) is 30.7 Å². The topological polar surface area (TPSA) is 34.1 Å². The molecule has 0 radical (unpaired) electrons. The highest BCUT2D eigenvalue weighted by Gasteiger charge is 2.12. The van der Waals surface area contributed by atoms with Crippen LogP contribution in [0.4, 0.5) is 8.78 Å². The van der Waals surface area contributed by atoms with Crippen LogP contribution in [0, 0.1) is 11.6 Å². The molecule has 0 spiro atoms. The SMILES string of the molecule is CCCNCc1ccc(Oc2cc(Br)cc(F)c2F)nc1. The van der Waals surface area contributed by atoms with Crippen molar-refractivity contribution in [1.82, 2.24) is 10.3 Å². The lowest BCUT2D eigenvalue weighted by atomic mass is 10.3. The second-order valence-corrected chi connectivity index (χ2v) is 5.40. The standard InChI is InChI=1S/C15H15BrF2N2O/c1-2-5-19-8-10-3-4-14(20-9-10)21-13-7-11(16)6-12(17)15(13)18/h3-4,6-7,9,19H,2,5,8H2,1H3. The highest BCUT2D eigenvalue weighted by molar-refractivity contribution is 9.10. The lowest BCUT2D eigenvalue weighted by Gasteiger charge is -2.08. The molecule has 0 aliphatic heterocycles. The third-order valence-corrected chi connectivity index (χ3v) is 3.19. The van der Waals surface area contributed by atoms with Gasteiger partial charge in [-0.2, -0.15) is 4.39 Å². The molecule has 0 saturated carbocycles. The van der Waals surface area contributed by atoms with Crippen LogP contribution in [-0.2, 0) is 6.54 Å². The minimum absolute atomic E-state index is 0.203. The summed E-state index contributed by atoms with van der Waals surface area (Å²) in [5, 5.41) is 3.25. The maximum atomic E-state index is 13.6. The average molecular weight is 357 g/mol. The van der Waals surface area contributed by atoms with Crippen molar-refractivity contribution in [2.45, 2.75) is 19.9 Å². The molecular formula is C15H15BrF2N2O. The third kappa shape index (κ3) is 4.47. The molecule has 2 rings (SSSR count). The van der Waals surface area contributed by atoms with Gasteiger partial charge in [0.2, 0.25) is 11.7 Å². The van der Waals surface area contributed by atoms with Gasteiger partial charge in [0.15, 0.2) is 11.6 Å². The Bertz CT molecular complexity index is 605. The Hall–Kier alpha value is -1.53. The summed E-state index contributed by atoms with van der Waals surface area (Å²) in [5.74, 6) is -2.00. The van der Waals surface area contributed by atoms with Gasteiger partial charge >= 0.3 is 0 Å². The van der Waals surface area contributed by atoms with Gasteiger partial charge < -0.3 is 10.1 Å². The molecular weight excluding hydrogens is 342 g/mol. The Morgan fingerprint density at radius 1 is 1.29 bits per heavy atom. The molecule has 21 heavy (non-hydrogen) atoms. The number of halogens is 3. The molecule has 0 fully saturated rings. The van der Waals surface area contributed by atoms with Gasteiger partial charge in [-0.25, -0.2) is 9.37 Å². The molecule has 1 heterocycles. The summed E-state index contributed by atoms with van der Waals surface area (Å²) in [6, 6.07) is 5.85. The van der Waals surface area contributed by atoms with Crippen molar-refractivity contribution in [3.8, 4) is 11.6 Å². The zero-order valence-electron chi connectivity index (χ0n) is 11.5. The van der Waals surface area contributed by atoms with E-state index >= 15 is 0 Å². The van der Waals surface area contributed by atoms with Crippen molar-refractivity contribution in [3.63, 3.8) is 0 Å². The fraction of sp³-hybridized carbons (Fsp3) is 0.267. The molecule has 1 aromatic carbocycles. The Labute approximate surface area is 130 Å². The third-order valence-electron chi connectivity index (χ3n) is 2.73. The summed E-state index contributed by atoms with van der Waals surface area (Å²) < 4.78 is 32.5. The summed E-state index contributed by atoms with van der Waals surface area (Å²) in [5.41, 5.74) is 0.997. The molecule has 0 atom stereocenters. The molecule has 0 unspecified atom stereocenters. The summed E-state index contributed by atoms with van der Waals surface area (Å²) in [4.78, 5) is 4.09. The second kappa shape index (κ2) is 7.47. The van der Waals surface area contributed by atoms with Gasteiger partial charge in [0.25, 0.3) is 0 Å². The minimum Gasteiger partial charge on any atom is -0.436 e. The van der Waals surface area contributed by atoms with Crippen molar-refractivity contribution < 1.29 is 13.5 Å². The van der Waals surface area contributed by atoms with Gasteiger partial charge in [-0.3, -0.25) is 0 Å². The predicted octanol–water partition coefficient (Wildman–Crippen LogP) is 4.41. The monoisotopic (exact) mass is 356 g/mol. The molecule has 1 aromatic heterocycles. The molecule has 0 amide bonds. The summed E-state index contributed by atoms with van der Waals surface area (Å²) in [6.07, 6.45) is 2.70. The van der Waals surface area contributed by atoms with Gasteiger partial charge in [0.1, 0.15) is 0 Å². The van der Waals surface area contributed by atoms with E-state index in [2.05, 4.69) is 33.2 Å². The van der Waals surface area contributed by atoms with Crippen molar-refractivity contribution >= 4 is 15.9 Å². The van der Waals surface area contributed by atoms with Crippen LogP contribution in [0.2, 0.25) is 0 Å². The van der Waals surface area contributed by atoms with Crippen molar-refractivity contribution in [3.05, 3.63) is 52.1 Å². The Balaban J connectivity index is 2.07. The first-order valence-electron chi connectivity index (χ1n) is 6.58. The smallest absolute Gasteiger partial charge is 0.219 e. The van der Waals surface area contributed by atoms with Crippen LogP contribution in [0.3, 0.4) is 0 Å². The van der Waals surface area contributed by atoms with Crippen LogP contribution < -0.4 is 10.1 Å². The van der Waals surface area contributed by atoms with Crippen molar-refractivity contribution in [2.24, 2.45) is 0 Å². The number of rotatable bonds is 6. The molecule has 0 aliphatic carbocycles. The number of nitrogens with zero attached hydrogens (tertiary/aromatic N) is 1. The van der Waals surface area contributed by atoms with E-state index in [0.717, 1.165) is 24.6 Å². The Morgan fingerprint density at radius 2 is 2.10 bits per heavy atom. The first-order valence-corrected chi connectivity index (χ1v) is 7.37. The quantitative estimate of drug-likeness (QED) is 0.614. The first kappa shape index (κ1) is 15.9. The van der Waals surface area contributed by atoms with Gasteiger partial charge in [-0.1, -0.05) is 28.9 Å². The lowest BCUT2D eigenvalue weighted by Crippen LogP contribution is -2.13. The van der Waals surface area contributed by atoms with Crippen LogP contribution in [-0.4, -0.2) is 11.5 Å². The number of hydrogen-bond acceptors (Lipinski definition) is 3. The molecule has 0 aliphatic rings. The number of aromatic nitrogens is 1. The van der Waals surface area contributed by atoms with E-state index in [1.54, 1.807) is 12.3 Å². The fourth-order valence-electron chi connectivity index (χ4n) is 1.70. The number of nitrogens with one attached hydrogen (secondary N) is 1.